The molecule has 0 amide bonds. The third-order valence-corrected chi connectivity index (χ3v) is 4.80. The van der Waals surface area contributed by atoms with E-state index >= 15 is 0 Å². The van der Waals surface area contributed by atoms with Gasteiger partial charge in [-0.2, -0.15) is 0 Å². The van der Waals surface area contributed by atoms with Crippen LogP contribution < -0.4 is 5.73 Å². The first-order chi connectivity index (χ1) is 7.02. The van der Waals surface area contributed by atoms with Crippen molar-refractivity contribution >= 4 is 0 Å². The average molecular weight is 209 g/mol. The molecule has 0 aromatic carbocycles. The predicted molar refractivity (Wildman–Crippen MR) is 65.6 cm³/mol. The standard InChI is InChI=1S/C14H27N/c1-14(2,3)12-7-6-11(9-15)13(8-12)10-4-5-10/h10-13H,4-9,15H2,1-3H3. The normalized spacial score (nSPS) is 38.0. The van der Waals surface area contributed by atoms with Crippen molar-refractivity contribution in [3.8, 4) is 0 Å². The Bertz CT molecular complexity index is 212. The van der Waals surface area contributed by atoms with Crippen LogP contribution in [0.2, 0.25) is 0 Å². The molecular weight excluding hydrogens is 182 g/mol. The maximum atomic E-state index is 5.91. The number of rotatable bonds is 2. The van der Waals surface area contributed by atoms with Gasteiger partial charge in [0, 0.05) is 0 Å². The van der Waals surface area contributed by atoms with Crippen molar-refractivity contribution in [2.24, 2.45) is 34.8 Å². The molecule has 2 rings (SSSR count). The van der Waals surface area contributed by atoms with Crippen LogP contribution in [0.4, 0.5) is 0 Å². The Balaban J connectivity index is 1.99. The van der Waals surface area contributed by atoms with Crippen molar-refractivity contribution in [3.63, 3.8) is 0 Å². The van der Waals surface area contributed by atoms with Crippen molar-refractivity contribution < 1.29 is 0 Å². The zero-order valence-electron chi connectivity index (χ0n) is 10.6. The second-order valence-corrected chi connectivity index (χ2v) is 6.87. The molecule has 3 atom stereocenters. The predicted octanol–water partition coefficient (Wildman–Crippen LogP) is 3.43. The molecule has 2 fully saturated rings. The maximum Gasteiger partial charge on any atom is -0.00461 e. The van der Waals surface area contributed by atoms with Crippen LogP contribution >= 0.6 is 0 Å². The molecule has 0 aromatic heterocycles. The summed E-state index contributed by atoms with van der Waals surface area (Å²) in [5.74, 6) is 3.79. The van der Waals surface area contributed by atoms with E-state index < -0.39 is 0 Å². The minimum absolute atomic E-state index is 0.507. The largest absolute Gasteiger partial charge is 0.330 e. The van der Waals surface area contributed by atoms with Crippen LogP contribution in [0, 0.1) is 29.1 Å². The van der Waals surface area contributed by atoms with Crippen LogP contribution in [0.25, 0.3) is 0 Å². The fraction of sp³-hybridized carbons (Fsp3) is 1.00. The molecule has 1 nitrogen and oxygen atoms in total. The second kappa shape index (κ2) is 4.08. The van der Waals surface area contributed by atoms with Crippen LogP contribution in [0.5, 0.6) is 0 Å². The molecule has 1 heteroatoms. The molecule has 0 heterocycles. The van der Waals surface area contributed by atoms with Crippen LogP contribution in [0.15, 0.2) is 0 Å². The quantitative estimate of drug-likeness (QED) is 0.741. The van der Waals surface area contributed by atoms with Gasteiger partial charge in [-0.05, 0) is 67.7 Å². The maximum absolute atomic E-state index is 5.91. The fourth-order valence-electron chi connectivity index (χ4n) is 3.45. The highest BCUT2D eigenvalue weighted by atomic mass is 14.6. The van der Waals surface area contributed by atoms with Crippen molar-refractivity contribution in [2.75, 3.05) is 6.54 Å². The van der Waals surface area contributed by atoms with Gasteiger partial charge < -0.3 is 5.73 Å². The molecule has 0 aromatic rings. The van der Waals surface area contributed by atoms with E-state index in [0.29, 0.717) is 5.41 Å². The van der Waals surface area contributed by atoms with E-state index in [9.17, 15) is 0 Å². The lowest BCUT2D eigenvalue weighted by molar-refractivity contribution is 0.0897. The Hall–Kier alpha value is -0.0400. The number of hydrogen-bond acceptors (Lipinski definition) is 1. The van der Waals surface area contributed by atoms with Gasteiger partial charge in [0.1, 0.15) is 0 Å². The van der Waals surface area contributed by atoms with Crippen molar-refractivity contribution in [3.05, 3.63) is 0 Å². The Labute approximate surface area is 94.8 Å². The van der Waals surface area contributed by atoms with Gasteiger partial charge in [-0.1, -0.05) is 20.8 Å². The summed E-state index contributed by atoms with van der Waals surface area (Å²) in [7, 11) is 0. The summed E-state index contributed by atoms with van der Waals surface area (Å²) in [6.45, 7) is 8.15. The molecule has 88 valence electrons. The van der Waals surface area contributed by atoms with Crippen molar-refractivity contribution in [2.45, 2.75) is 52.9 Å². The molecule has 0 bridgehead atoms. The summed E-state index contributed by atoms with van der Waals surface area (Å²) in [5, 5.41) is 0. The lowest BCUT2D eigenvalue weighted by atomic mass is 9.64. The highest BCUT2D eigenvalue weighted by molar-refractivity contribution is 4.93. The molecule has 2 aliphatic rings. The summed E-state index contributed by atoms with van der Waals surface area (Å²) < 4.78 is 0. The molecule has 2 N–H and O–H groups in total. The minimum atomic E-state index is 0.507. The molecule has 15 heavy (non-hydrogen) atoms. The van der Waals surface area contributed by atoms with Gasteiger partial charge in [-0.15, -0.1) is 0 Å². The highest BCUT2D eigenvalue weighted by Crippen LogP contribution is 2.51. The monoisotopic (exact) mass is 209 g/mol. The second-order valence-electron chi connectivity index (χ2n) is 6.87. The van der Waals surface area contributed by atoms with Gasteiger partial charge in [0.25, 0.3) is 0 Å². The summed E-state index contributed by atoms with van der Waals surface area (Å²) in [6, 6.07) is 0. The van der Waals surface area contributed by atoms with Crippen LogP contribution in [0.1, 0.15) is 52.9 Å². The Kier molecular flexibility index (Phi) is 3.12. The number of hydrogen-bond donors (Lipinski definition) is 1. The average Bonchev–Trinajstić information content (AvgIpc) is 2.98. The molecule has 2 aliphatic carbocycles. The molecule has 0 saturated heterocycles. The molecule has 0 radical (unpaired) electrons. The van der Waals surface area contributed by atoms with Gasteiger partial charge >= 0.3 is 0 Å². The number of nitrogens with two attached hydrogens (primary N) is 1. The zero-order chi connectivity index (χ0) is 11.1. The summed E-state index contributed by atoms with van der Waals surface area (Å²) in [6.07, 6.45) is 7.22. The van der Waals surface area contributed by atoms with E-state index in [1.807, 2.05) is 0 Å². The van der Waals surface area contributed by atoms with Gasteiger partial charge in [0.05, 0.1) is 0 Å². The first-order valence-corrected chi connectivity index (χ1v) is 6.72. The van der Waals surface area contributed by atoms with Gasteiger partial charge in [-0.3, -0.25) is 0 Å². The van der Waals surface area contributed by atoms with Gasteiger partial charge in [-0.25, -0.2) is 0 Å². The summed E-state index contributed by atoms with van der Waals surface area (Å²) in [4.78, 5) is 0. The van der Waals surface area contributed by atoms with Crippen LogP contribution in [-0.2, 0) is 0 Å². The zero-order valence-corrected chi connectivity index (χ0v) is 10.6. The Morgan fingerprint density at radius 2 is 1.73 bits per heavy atom. The third-order valence-electron chi connectivity index (χ3n) is 4.80. The van der Waals surface area contributed by atoms with Crippen molar-refractivity contribution in [1.29, 1.82) is 0 Å². The first-order valence-electron chi connectivity index (χ1n) is 6.72. The lowest BCUT2D eigenvalue weighted by Gasteiger charge is -2.42. The lowest BCUT2D eigenvalue weighted by Crippen LogP contribution is -2.36. The SMILES string of the molecule is CC(C)(C)C1CCC(CN)C(C2CC2)C1. The van der Waals surface area contributed by atoms with E-state index in [-0.39, 0.29) is 0 Å². The summed E-state index contributed by atoms with van der Waals surface area (Å²) >= 11 is 0. The van der Waals surface area contributed by atoms with Gasteiger partial charge in [0.2, 0.25) is 0 Å². The molecule has 0 spiro atoms. The van der Waals surface area contributed by atoms with E-state index in [1.165, 1.54) is 32.1 Å². The Morgan fingerprint density at radius 3 is 2.20 bits per heavy atom. The molecule has 3 unspecified atom stereocenters. The molecule has 0 aliphatic heterocycles. The third kappa shape index (κ3) is 2.55. The van der Waals surface area contributed by atoms with E-state index in [4.69, 9.17) is 5.73 Å². The van der Waals surface area contributed by atoms with Gasteiger partial charge in [0.15, 0.2) is 0 Å². The van der Waals surface area contributed by atoms with Crippen LogP contribution in [0.3, 0.4) is 0 Å². The molecule has 2 saturated carbocycles. The Morgan fingerprint density at radius 1 is 1.07 bits per heavy atom. The highest BCUT2D eigenvalue weighted by Gasteiger charge is 2.42. The molecular formula is C14H27N. The van der Waals surface area contributed by atoms with E-state index in [1.54, 1.807) is 0 Å². The van der Waals surface area contributed by atoms with E-state index in [0.717, 1.165) is 30.2 Å². The summed E-state index contributed by atoms with van der Waals surface area (Å²) in [5.41, 5.74) is 6.42. The smallest absolute Gasteiger partial charge is 0.00461 e. The first kappa shape index (κ1) is 11.4. The van der Waals surface area contributed by atoms with Crippen LogP contribution in [-0.4, -0.2) is 6.54 Å². The van der Waals surface area contributed by atoms with E-state index in [2.05, 4.69) is 20.8 Å². The topological polar surface area (TPSA) is 26.0 Å². The fourth-order valence-corrected chi connectivity index (χ4v) is 3.45. The minimum Gasteiger partial charge on any atom is -0.330 e. The van der Waals surface area contributed by atoms with Crippen molar-refractivity contribution in [1.82, 2.24) is 0 Å².